The summed E-state index contributed by atoms with van der Waals surface area (Å²) in [6, 6.07) is 0.454. The van der Waals surface area contributed by atoms with E-state index in [9.17, 15) is 0 Å². The van der Waals surface area contributed by atoms with Gasteiger partial charge in [0, 0.05) is 12.6 Å². The lowest BCUT2D eigenvalue weighted by atomic mass is 9.72. The summed E-state index contributed by atoms with van der Waals surface area (Å²) in [5.74, 6) is 2.64. The van der Waals surface area contributed by atoms with Gasteiger partial charge in [-0.3, -0.25) is 0 Å². The van der Waals surface area contributed by atoms with Crippen molar-refractivity contribution in [2.75, 3.05) is 6.61 Å². The van der Waals surface area contributed by atoms with Gasteiger partial charge in [0.25, 0.3) is 0 Å². The van der Waals surface area contributed by atoms with Crippen molar-refractivity contribution in [3.05, 3.63) is 0 Å². The monoisotopic (exact) mass is 253 g/mol. The highest BCUT2D eigenvalue weighted by molar-refractivity contribution is 4.87. The maximum Gasteiger partial charge on any atom is 0.0580 e. The highest BCUT2D eigenvalue weighted by Gasteiger charge is 2.33. The first kappa shape index (κ1) is 14.3. The quantitative estimate of drug-likeness (QED) is 0.782. The molecule has 0 amide bonds. The molecule has 0 aromatic rings. The maximum absolute atomic E-state index is 6.42. The van der Waals surface area contributed by atoms with Crippen molar-refractivity contribution in [2.24, 2.45) is 23.5 Å². The van der Waals surface area contributed by atoms with E-state index in [2.05, 4.69) is 13.8 Å². The van der Waals surface area contributed by atoms with Crippen molar-refractivity contribution < 1.29 is 4.74 Å². The molecule has 0 aromatic heterocycles. The SMILES string of the molecule is CCOC1CC(CC(N)C2CCC(CC)CC2)C1. The summed E-state index contributed by atoms with van der Waals surface area (Å²) in [5, 5.41) is 0. The zero-order valence-electron chi connectivity index (χ0n) is 12.2. The van der Waals surface area contributed by atoms with E-state index in [1.165, 1.54) is 51.4 Å². The van der Waals surface area contributed by atoms with Crippen LogP contribution in [-0.4, -0.2) is 18.8 Å². The lowest BCUT2D eigenvalue weighted by Crippen LogP contribution is -2.40. The molecule has 0 spiro atoms. The zero-order chi connectivity index (χ0) is 13.0. The van der Waals surface area contributed by atoms with Crippen LogP contribution in [0.5, 0.6) is 0 Å². The van der Waals surface area contributed by atoms with Crippen molar-refractivity contribution in [3.8, 4) is 0 Å². The second kappa shape index (κ2) is 6.91. The summed E-state index contributed by atoms with van der Waals surface area (Å²) >= 11 is 0. The molecule has 0 aromatic carbocycles. The van der Waals surface area contributed by atoms with Crippen LogP contribution in [0.25, 0.3) is 0 Å². The molecule has 0 bridgehead atoms. The maximum atomic E-state index is 6.42. The van der Waals surface area contributed by atoms with Gasteiger partial charge in [0.05, 0.1) is 6.10 Å². The average Bonchev–Trinajstić information content (AvgIpc) is 2.36. The van der Waals surface area contributed by atoms with E-state index in [0.29, 0.717) is 12.1 Å². The lowest BCUT2D eigenvalue weighted by molar-refractivity contribution is -0.0301. The third kappa shape index (κ3) is 3.71. The van der Waals surface area contributed by atoms with Crippen molar-refractivity contribution in [2.45, 2.75) is 77.4 Å². The Labute approximate surface area is 113 Å². The predicted molar refractivity (Wildman–Crippen MR) is 76.5 cm³/mol. The van der Waals surface area contributed by atoms with Gasteiger partial charge in [-0.25, -0.2) is 0 Å². The second-order valence-electron chi connectivity index (χ2n) is 6.50. The van der Waals surface area contributed by atoms with Crippen molar-refractivity contribution in [3.63, 3.8) is 0 Å². The first-order chi connectivity index (χ1) is 8.72. The molecule has 2 heteroatoms. The first-order valence-electron chi connectivity index (χ1n) is 8.10. The van der Waals surface area contributed by atoms with Crippen LogP contribution in [0.2, 0.25) is 0 Å². The molecule has 18 heavy (non-hydrogen) atoms. The lowest BCUT2D eigenvalue weighted by Gasteiger charge is -2.39. The Morgan fingerprint density at radius 3 is 2.28 bits per heavy atom. The van der Waals surface area contributed by atoms with Crippen LogP contribution in [0.1, 0.15) is 65.2 Å². The van der Waals surface area contributed by atoms with Crippen LogP contribution in [0, 0.1) is 17.8 Å². The molecule has 2 aliphatic carbocycles. The van der Waals surface area contributed by atoms with Gasteiger partial charge in [-0.2, -0.15) is 0 Å². The van der Waals surface area contributed by atoms with Gasteiger partial charge in [-0.15, -0.1) is 0 Å². The Morgan fingerprint density at radius 2 is 1.72 bits per heavy atom. The molecule has 2 fully saturated rings. The van der Waals surface area contributed by atoms with Crippen LogP contribution in [0.4, 0.5) is 0 Å². The molecule has 2 N–H and O–H groups in total. The van der Waals surface area contributed by atoms with Gasteiger partial charge in [-0.05, 0) is 56.8 Å². The number of ether oxygens (including phenoxy) is 1. The fraction of sp³-hybridized carbons (Fsp3) is 1.00. The first-order valence-corrected chi connectivity index (χ1v) is 8.10. The third-order valence-corrected chi connectivity index (χ3v) is 5.27. The molecule has 2 saturated carbocycles. The predicted octanol–water partition coefficient (Wildman–Crippen LogP) is 3.74. The number of hydrogen-bond donors (Lipinski definition) is 1. The van der Waals surface area contributed by atoms with E-state index in [4.69, 9.17) is 10.5 Å². The van der Waals surface area contributed by atoms with Crippen molar-refractivity contribution in [1.29, 1.82) is 0 Å². The Morgan fingerprint density at radius 1 is 1.06 bits per heavy atom. The van der Waals surface area contributed by atoms with Gasteiger partial charge < -0.3 is 10.5 Å². The summed E-state index contributed by atoms with van der Waals surface area (Å²) in [4.78, 5) is 0. The molecule has 0 heterocycles. The van der Waals surface area contributed by atoms with Gasteiger partial charge in [0.15, 0.2) is 0 Å². The van der Waals surface area contributed by atoms with Gasteiger partial charge in [-0.1, -0.05) is 26.2 Å². The van der Waals surface area contributed by atoms with Crippen LogP contribution in [0.15, 0.2) is 0 Å². The minimum absolute atomic E-state index is 0.454. The number of hydrogen-bond acceptors (Lipinski definition) is 2. The molecular formula is C16H31NO. The van der Waals surface area contributed by atoms with Crippen molar-refractivity contribution in [1.82, 2.24) is 0 Å². The van der Waals surface area contributed by atoms with Crippen LogP contribution >= 0.6 is 0 Å². The second-order valence-corrected chi connectivity index (χ2v) is 6.50. The summed E-state index contributed by atoms with van der Waals surface area (Å²) in [6.07, 6.45) is 11.2. The molecule has 1 unspecified atom stereocenters. The summed E-state index contributed by atoms with van der Waals surface area (Å²) in [7, 11) is 0. The molecule has 2 rings (SSSR count). The van der Waals surface area contributed by atoms with E-state index >= 15 is 0 Å². The van der Waals surface area contributed by atoms with Gasteiger partial charge in [0.2, 0.25) is 0 Å². The standard InChI is InChI=1S/C16H31NO/c1-3-12-5-7-14(8-6-12)16(17)11-13-9-15(10-13)18-4-2/h12-16H,3-11,17H2,1-2H3. The molecule has 0 saturated heterocycles. The average molecular weight is 253 g/mol. The third-order valence-electron chi connectivity index (χ3n) is 5.27. The molecule has 0 radical (unpaired) electrons. The minimum Gasteiger partial charge on any atom is -0.378 e. The summed E-state index contributed by atoms with van der Waals surface area (Å²) < 4.78 is 5.62. The Balaban J connectivity index is 1.62. The molecule has 2 nitrogen and oxygen atoms in total. The van der Waals surface area contributed by atoms with Crippen LogP contribution < -0.4 is 5.73 Å². The van der Waals surface area contributed by atoms with Crippen molar-refractivity contribution >= 4 is 0 Å². The summed E-state index contributed by atoms with van der Waals surface area (Å²) in [5.41, 5.74) is 6.42. The smallest absolute Gasteiger partial charge is 0.0580 e. The highest BCUT2D eigenvalue weighted by atomic mass is 16.5. The number of nitrogens with two attached hydrogens (primary N) is 1. The minimum atomic E-state index is 0.454. The summed E-state index contributed by atoms with van der Waals surface area (Å²) in [6.45, 7) is 5.28. The van der Waals surface area contributed by atoms with Crippen LogP contribution in [0.3, 0.4) is 0 Å². The zero-order valence-corrected chi connectivity index (χ0v) is 12.2. The normalized spacial score (nSPS) is 38.2. The molecule has 0 aliphatic heterocycles. The molecular weight excluding hydrogens is 222 g/mol. The van der Waals surface area contributed by atoms with Crippen LogP contribution in [-0.2, 0) is 4.74 Å². The molecule has 106 valence electrons. The fourth-order valence-corrected chi connectivity index (χ4v) is 3.84. The van der Waals surface area contributed by atoms with Gasteiger partial charge >= 0.3 is 0 Å². The van der Waals surface area contributed by atoms with Gasteiger partial charge in [0.1, 0.15) is 0 Å². The Kier molecular flexibility index (Phi) is 5.50. The van der Waals surface area contributed by atoms with E-state index in [1.807, 2.05) is 0 Å². The van der Waals surface area contributed by atoms with E-state index in [-0.39, 0.29) is 0 Å². The van der Waals surface area contributed by atoms with E-state index in [0.717, 1.165) is 24.4 Å². The Bertz CT molecular complexity index is 229. The Hall–Kier alpha value is -0.0800. The molecule has 1 atom stereocenters. The topological polar surface area (TPSA) is 35.2 Å². The van der Waals surface area contributed by atoms with E-state index < -0.39 is 0 Å². The number of rotatable bonds is 6. The largest absolute Gasteiger partial charge is 0.378 e. The highest BCUT2D eigenvalue weighted by Crippen LogP contribution is 2.38. The molecule has 2 aliphatic rings. The van der Waals surface area contributed by atoms with E-state index in [1.54, 1.807) is 0 Å². The fourth-order valence-electron chi connectivity index (χ4n) is 3.84.